The number of hydrogen-bond acceptors (Lipinski definition) is 5. The van der Waals surface area contributed by atoms with E-state index >= 15 is 0 Å². The number of nitrogens with one attached hydrogen (secondary N) is 1. The zero-order valence-corrected chi connectivity index (χ0v) is 12.7. The van der Waals surface area contributed by atoms with E-state index in [-0.39, 0.29) is 17.8 Å². The quantitative estimate of drug-likeness (QED) is 0.768. The van der Waals surface area contributed by atoms with Crippen molar-refractivity contribution in [2.75, 3.05) is 19.0 Å². The third kappa shape index (κ3) is 5.61. The number of nitrogens with zero attached hydrogens (tertiary/aromatic N) is 2. The van der Waals surface area contributed by atoms with Crippen LogP contribution < -0.4 is 10.1 Å². The van der Waals surface area contributed by atoms with Crippen molar-refractivity contribution in [2.45, 2.75) is 33.1 Å². The van der Waals surface area contributed by atoms with Crippen molar-refractivity contribution >= 4 is 23.4 Å². The maximum Gasteiger partial charge on any atom is 0.318 e. The van der Waals surface area contributed by atoms with Crippen molar-refractivity contribution < 1.29 is 14.6 Å². The molecule has 7 heteroatoms. The van der Waals surface area contributed by atoms with Gasteiger partial charge in [0.25, 0.3) is 0 Å². The topological polar surface area (TPSA) is 84.3 Å². The largest absolute Gasteiger partial charge is 0.481 e. The zero-order chi connectivity index (χ0) is 15.2. The van der Waals surface area contributed by atoms with Crippen LogP contribution in [0.25, 0.3) is 0 Å². The van der Waals surface area contributed by atoms with Crippen LogP contribution in [-0.2, 0) is 4.79 Å². The van der Waals surface area contributed by atoms with Crippen molar-refractivity contribution in [1.82, 2.24) is 9.97 Å². The molecule has 0 aromatic carbocycles. The molecule has 0 saturated heterocycles. The molecule has 112 valence electrons. The Kier molecular flexibility index (Phi) is 6.01. The Labute approximate surface area is 123 Å². The molecule has 0 aliphatic heterocycles. The molecule has 0 aliphatic carbocycles. The standard InChI is InChI=1S/C13H20ClN3O3/c1-13(2,5-4-10(18)19)6-7-15-11-9(14)8-16-12(17-11)20-3/h8H,4-7H2,1-3H3,(H,18,19)(H,15,16,17). The van der Waals surface area contributed by atoms with Gasteiger partial charge in [0.05, 0.1) is 13.3 Å². The second-order valence-corrected chi connectivity index (χ2v) is 5.70. The summed E-state index contributed by atoms with van der Waals surface area (Å²) in [5.41, 5.74) is -0.0605. The number of carboxylic acid groups (broad SMARTS) is 1. The minimum Gasteiger partial charge on any atom is -0.481 e. The predicted octanol–water partition coefficient (Wildman–Crippen LogP) is 2.83. The maximum absolute atomic E-state index is 10.6. The number of hydrogen-bond donors (Lipinski definition) is 2. The molecule has 1 rings (SSSR count). The Morgan fingerprint density at radius 2 is 2.20 bits per heavy atom. The maximum atomic E-state index is 10.6. The smallest absolute Gasteiger partial charge is 0.318 e. The van der Waals surface area contributed by atoms with Crippen LogP contribution in [0.4, 0.5) is 5.82 Å². The summed E-state index contributed by atoms with van der Waals surface area (Å²) >= 11 is 5.99. The summed E-state index contributed by atoms with van der Waals surface area (Å²) in [6.45, 7) is 4.73. The van der Waals surface area contributed by atoms with Crippen LogP contribution in [0.1, 0.15) is 33.1 Å². The third-order valence-electron chi connectivity index (χ3n) is 3.01. The Hall–Kier alpha value is -1.56. The molecule has 1 aromatic heterocycles. The zero-order valence-electron chi connectivity index (χ0n) is 11.9. The molecule has 1 heterocycles. The van der Waals surface area contributed by atoms with Crippen molar-refractivity contribution in [1.29, 1.82) is 0 Å². The molecule has 20 heavy (non-hydrogen) atoms. The van der Waals surface area contributed by atoms with Gasteiger partial charge < -0.3 is 15.2 Å². The fourth-order valence-corrected chi connectivity index (χ4v) is 1.82. The molecule has 2 N–H and O–H groups in total. The van der Waals surface area contributed by atoms with Gasteiger partial charge in [-0.15, -0.1) is 0 Å². The van der Waals surface area contributed by atoms with Gasteiger partial charge >= 0.3 is 12.0 Å². The lowest BCUT2D eigenvalue weighted by Crippen LogP contribution is -2.18. The number of anilines is 1. The first-order chi connectivity index (χ1) is 9.34. The predicted molar refractivity (Wildman–Crippen MR) is 77.4 cm³/mol. The Morgan fingerprint density at radius 3 is 2.80 bits per heavy atom. The van der Waals surface area contributed by atoms with Crippen molar-refractivity contribution in [3.8, 4) is 6.01 Å². The lowest BCUT2D eigenvalue weighted by Gasteiger charge is -2.24. The molecule has 0 aliphatic rings. The monoisotopic (exact) mass is 301 g/mol. The molecule has 0 atom stereocenters. The second kappa shape index (κ2) is 7.28. The van der Waals surface area contributed by atoms with Crippen LogP contribution >= 0.6 is 11.6 Å². The van der Waals surface area contributed by atoms with E-state index in [9.17, 15) is 4.79 Å². The number of aromatic nitrogens is 2. The lowest BCUT2D eigenvalue weighted by atomic mass is 9.84. The van der Waals surface area contributed by atoms with Crippen molar-refractivity contribution in [3.05, 3.63) is 11.2 Å². The molecule has 1 aromatic rings. The number of aliphatic carboxylic acids is 1. The van der Waals surface area contributed by atoms with Gasteiger partial charge in [0.1, 0.15) is 5.02 Å². The number of rotatable bonds is 8. The highest BCUT2D eigenvalue weighted by molar-refractivity contribution is 6.32. The summed E-state index contributed by atoms with van der Waals surface area (Å²) in [4.78, 5) is 18.6. The Bertz CT molecular complexity index is 466. The van der Waals surface area contributed by atoms with Crippen LogP contribution in [0.2, 0.25) is 5.02 Å². The van der Waals surface area contributed by atoms with Crippen LogP contribution in [0, 0.1) is 5.41 Å². The first-order valence-electron chi connectivity index (χ1n) is 6.36. The molecule has 0 unspecified atom stereocenters. The van der Waals surface area contributed by atoms with Crippen LogP contribution in [0.5, 0.6) is 6.01 Å². The van der Waals surface area contributed by atoms with Crippen LogP contribution in [0.15, 0.2) is 6.20 Å². The van der Waals surface area contributed by atoms with Gasteiger partial charge in [-0.1, -0.05) is 25.4 Å². The number of carbonyl (C=O) groups is 1. The Morgan fingerprint density at radius 1 is 1.50 bits per heavy atom. The number of methoxy groups -OCH3 is 1. The van der Waals surface area contributed by atoms with Gasteiger partial charge in [-0.3, -0.25) is 4.79 Å². The van der Waals surface area contributed by atoms with E-state index in [2.05, 4.69) is 15.3 Å². The molecule has 0 bridgehead atoms. The van der Waals surface area contributed by atoms with Gasteiger partial charge in [-0.25, -0.2) is 4.98 Å². The molecule has 0 radical (unpaired) electrons. The molecule has 0 fully saturated rings. The summed E-state index contributed by atoms with van der Waals surface area (Å²) in [7, 11) is 1.49. The number of carboxylic acids is 1. The SMILES string of the molecule is COc1ncc(Cl)c(NCCC(C)(C)CCC(=O)O)n1. The summed E-state index contributed by atoms with van der Waals surface area (Å²) in [6, 6.07) is 0.252. The van der Waals surface area contributed by atoms with E-state index in [1.54, 1.807) is 0 Å². The second-order valence-electron chi connectivity index (χ2n) is 5.29. The molecule has 6 nitrogen and oxygen atoms in total. The van der Waals surface area contributed by atoms with Crippen molar-refractivity contribution in [3.63, 3.8) is 0 Å². The normalized spacial score (nSPS) is 11.2. The van der Waals surface area contributed by atoms with E-state index < -0.39 is 5.97 Å². The lowest BCUT2D eigenvalue weighted by molar-refractivity contribution is -0.137. The molecular weight excluding hydrogens is 282 g/mol. The first kappa shape index (κ1) is 16.5. The average molecular weight is 302 g/mol. The van der Waals surface area contributed by atoms with Gasteiger partial charge in [0, 0.05) is 13.0 Å². The van der Waals surface area contributed by atoms with Gasteiger partial charge in [-0.05, 0) is 18.3 Å². The minimum atomic E-state index is -0.769. The van der Waals surface area contributed by atoms with E-state index in [1.807, 2.05) is 13.8 Å². The van der Waals surface area contributed by atoms with E-state index in [0.717, 1.165) is 6.42 Å². The van der Waals surface area contributed by atoms with Gasteiger partial charge in [-0.2, -0.15) is 4.98 Å². The number of ether oxygens (including phenoxy) is 1. The summed E-state index contributed by atoms with van der Waals surface area (Å²) < 4.78 is 4.94. The minimum absolute atomic E-state index is 0.0605. The van der Waals surface area contributed by atoms with E-state index in [0.29, 0.717) is 23.8 Å². The average Bonchev–Trinajstić information content (AvgIpc) is 2.38. The van der Waals surface area contributed by atoms with Gasteiger partial charge in [0.2, 0.25) is 0 Å². The van der Waals surface area contributed by atoms with Gasteiger partial charge in [0.15, 0.2) is 5.82 Å². The van der Waals surface area contributed by atoms with Crippen LogP contribution in [0.3, 0.4) is 0 Å². The van der Waals surface area contributed by atoms with Crippen LogP contribution in [-0.4, -0.2) is 34.7 Å². The third-order valence-corrected chi connectivity index (χ3v) is 3.29. The fourth-order valence-electron chi connectivity index (χ4n) is 1.66. The highest BCUT2D eigenvalue weighted by Crippen LogP contribution is 2.27. The van der Waals surface area contributed by atoms with E-state index in [1.165, 1.54) is 13.3 Å². The molecule has 0 saturated carbocycles. The highest BCUT2D eigenvalue weighted by atomic mass is 35.5. The first-order valence-corrected chi connectivity index (χ1v) is 6.74. The Balaban J connectivity index is 2.49. The highest BCUT2D eigenvalue weighted by Gasteiger charge is 2.19. The fraction of sp³-hybridized carbons (Fsp3) is 0.615. The molecular formula is C13H20ClN3O3. The summed E-state index contributed by atoms with van der Waals surface area (Å²) in [6.07, 6.45) is 3.09. The number of halogens is 1. The molecule has 0 spiro atoms. The molecule has 0 amide bonds. The summed E-state index contributed by atoms with van der Waals surface area (Å²) in [5.74, 6) is -0.248. The summed E-state index contributed by atoms with van der Waals surface area (Å²) in [5, 5.41) is 12.3. The van der Waals surface area contributed by atoms with Crippen molar-refractivity contribution in [2.24, 2.45) is 5.41 Å². The van der Waals surface area contributed by atoms with E-state index in [4.69, 9.17) is 21.4 Å².